The average Bonchev–Trinajstić information content (AvgIpc) is 2.90. The highest BCUT2D eigenvalue weighted by atomic mass is 16.1. The van der Waals surface area contributed by atoms with Gasteiger partial charge in [0.15, 0.2) is 0 Å². The molecular weight excluding hydrogens is 278 g/mol. The molecule has 3 rings (SSSR count). The summed E-state index contributed by atoms with van der Waals surface area (Å²) in [6, 6.07) is 7.20. The fourth-order valence-corrected chi connectivity index (χ4v) is 3.10. The van der Waals surface area contributed by atoms with E-state index in [0.717, 1.165) is 25.9 Å². The van der Waals surface area contributed by atoms with Crippen molar-refractivity contribution in [1.82, 2.24) is 20.5 Å². The van der Waals surface area contributed by atoms with E-state index < -0.39 is 0 Å². The largest absolute Gasteiger partial charge is 0.371 e. The van der Waals surface area contributed by atoms with E-state index in [1.54, 1.807) is 0 Å². The predicted molar refractivity (Wildman–Crippen MR) is 87.2 cm³/mol. The number of H-pyrrole nitrogens is 2. The molecule has 22 heavy (non-hydrogen) atoms. The van der Waals surface area contributed by atoms with Gasteiger partial charge in [-0.2, -0.15) is 5.10 Å². The van der Waals surface area contributed by atoms with Crippen molar-refractivity contribution in [3.63, 3.8) is 0 Å². The first kappa shape index (κ1) is 14.8. The number of aromatic amines is 2. The predicted octanol–water partition coefficient (Wildman–Crippen LogP) is 1.47. The zero-order valence-corrected chi connectivity index (χ0v) is 13.1. The maximum atomic E-state index is 11.0. The van der Waals surface area contributed by atoms with Crippen LogP contribution in [0.3, 0.4) is 0 Å². The van der Waals surface area contributed by atoms with E-state index in [0.29, 0.717) is 18.4 Å². The summed E-state index contributed by atoms with van der Waals surface area (Å²) < 4.78 is 0. The summed E-state index contributed by atoms with van der Waals surface area (Å²) in [4.78, 5) is 16.1. The van der Waals surface area contributed by atoms with Gasteiger partial charge in [0.2, 0.25) is 0 Å². The molecule has 0 saturated carbocycles. The van der Waals surface area contributed by atoms with Gasteiger partial charge in [0.1, 0.15) is 5.82 Å². The number of nitrogens with zero attached hydrogens (tertiary/aromatic N) is 2. The molecule has 1 aromatic carbocycles. The Labute approximate surface area is 129 Å². The standard InChI is InChI=1S/C16H23N5O/c1-11-7-12(2)9-14(8-11)21-5-3-13(4-6-21)17-10-15-18-16(22)20-19-15/h7-9,13,17H,3-6,10H2,1-2H3,(H2,18,19,20,22). The molecule has 0 radical (unpaired) electrons. The van der Waals surface area contributed by atoms with Crippen molar-refractivity contribution in [3.05, 3.63) is 45.6 Å². The summed E-state index contributed by atoms with van der Waals surface area (Å²) >= 11 is 0. The topological polar surface area (TPSA) is 76.8 Å². The summed E-state index contributed by atoms with van der Waals surface area (Å²) in [6.45, 7) is 7.01. The molecule has 6 nitrogen and oxygen atoms in total. The normalized spacial score (nSPS) is 16.2. The third kappa shape index (κ3) is 3.57. The number of hydrogen-bond acceptors (Lipinski definition) is 4. The molecule has 1 aliphatic rings. The summed E-state index contributed by atoms with van der Waals surface area (Å²) in [6.07, 6.45) is 2.20. The van der Waals surface area contributed by atoms with Gasteiger partial charge in [-0.25, -0.2) is 9.89 Å². The number of hydrogen-bond donors (Lipinski definition) is 3. The highest BCUT2D eigenvalue weighted by Gasteiger charge is 2.19. The van der Waals surface area contributed by atoms with E-state index in [9.17, 15) is 4.79 Å². The number of nitrogens with one attached hydrogen (secondary N) is 3. The molecule has 1 aliphatic heterocycles. The highest BCUT2D eigenvalue weighted by Crippen LogP contribution is 2.22. The van der Waals surface area contributed by atoms with E-state index in [4.69, 9.17) is 0 Å². The van der Waals surface area contributed by atoms with Crippen LogP contribution in [0.25, 0.3) is 0 Å². The van der Waals surface area contributed by atoms with E-state index in [1.165, 1.54) is 16.8 Å². The first-order valence-corrected chi connectivity index (χ1v) is 7.80. The van der Waals surface area contributed by atoms with Crippen LogP contribution in [0.4, 0.5) is 5.69 Å². The molecule has 1 saturated heterocycles. The van der Waals surface area contributed by atoms with Gasteiger partial charge in [-0.1, -0.05) is 6.07 Å². The maximum absolute atomic E-state index is 11.0. The zero-order chi connectivity index (χ0) is 15.5. The van der Waals surface area contributed by atoms with Crippen LogP contribution in [-0.2, 0) is 6.54 Å². The number of piperidine rings is 1. The zero-order valence-electron chi connectivity index (χ0n) is 13.1. The van der Waals surface area contributed by atoms with Gasteiger partial charge in [0.25, 0.3) is 0 Å². The average molecular weight is 301 g/mol. The first-order valence-electron chi connectivity index (χ1n) is 7.80. The van der Waals surface area contributed by atoms with Crippen molar-refractivity contribution < 1.29 is 0 Å². The van der Waals surface area contributed by atoms with E-state index in [2.05, 4.69) is 57.4 Å². The molecule has 0 bridgehead atoms. The van der Waals surface area contributed by atoms with Crippen LogP contribution in [0, 0.1) is 13.8 Å². The quantitative estimate of drug-likeness (QED) is 0.799. The second-order valence-electron chi connectivity index (χ2n) is 6.11. The second kappa shape index (κ2) is 6.36. The molecule has 0 atom stereocenters. The minimum absolute atomic E-state index is 0.249. The lowest BCUT2D eigenvalue weighted by atomic mass is 10.0. The minimum Gasteiger partial charge on any atom is -0.371 e. The molecule has 1 fully saturated rings. The van der Waals surface area contributed by atoms with Gasteiger partial charge in [0, 0.05) is 24.8 Å². The van der Waals surface area contributed by atoms with Gasteiger partial charge in [-0.3, -0.25) is 4.98 Å². The van der Waals surface area contributed by atoms with Gasteiger partial charge in [-0.15, -0.1) is 0 Å². The van der Waals surface area contributed by atoms with Crippen LogP contribution < -0.4 is 15.9 Å². The van der Waals surface area contributed by atoms with Crippen molar-refractivity contribution in [1.29, 1.82) is 0 Å². The maximum Gasteiger partial charge on any atom is 0.340 e. The number of rotatable bonds is 4. The fourth-order valence-electron chi connectivity index (χ4n) is 3.10. The summed E-state index contributed by atoms with van der Waals surface area (Å²) in [5.41, 5.74) is 3.71. The molecule has 0 aliphatic carbocycles. The van der Waals surface area contributed by atoms with Crippen molar-refractivity contribution in [2.45, 2.75) is 39.3 Å². The van der Waals surface area contributed by atoms with Crippen molar-refractivity contribution in [2.75, 3.05) is 18.0 Å². The molecule has 2 aromatic rings. The summed E-state index contributed by atoms with van der Waals surface area (Å²) in [7, 11) is 0. The van der Waals surface area contributed by atoms with Crippen LogP contribution >= 0.6 is 0 Å². The lowest BCUT2D eigenvalue weighted by molar-refractivity contribution is 0.410. The van der Waals surface area contributed by atoms with Gasteiger partial charge in [0.05, 0.1) is 6.54 Å². The minimum atomic E-state index is -0.249. The molecule has 0 unspecified atom stereocenters. The van der Waals surface area contributed by atoms with Crippen molar-refractivity contribution in [3.8, 4) is 0 Å². The van der Waals surface area contributed by atoms with Crippen LogP contribution in [0.1, 0.15) is 29.8 Å². The van der Waals surface area contributed by atoms with E-state index >= 15 is 0 Å². The third-order valence-corrected chi connectivity index (χ3v) is 4.17. The Kier molecular flexibility index (Phi) is 4.29. The van der Waals surface area contributed by atoms with Crippen LogP contribution in [-0.4, -0.2) is 34.3 Å². The molecule has 118 valence electrons. The Morgan fingerprint density at radius 1 is 1.23 bits per heavy atom. The molecule has 6 heteroatoms. The lowest BCUT2D eigenvalue weighted by Crippen LogP contribution is -2.42. The molecule has 0 spiro atoms. The SMILES string of the molecule is Cc1cc(C)cc(N2CCC(NCc3n[nH]c(=O)[nH]3)CC2)c1. The molecule has 1 aromatic heterocycles. The van der Waals surface area contributed by atoms with Crippen LogP contribution in [0.15, 0.2) is 23.0 Å². The van der Waals surface area contributed by atoms with E-state index in [1.807, 2.05) is 0 Å². The third-order valence-electron chi connectivity index (χ3n) is 4.17. The van der Waals surface area contributed by atoms with Crippen LogP contribution in [0.5, 0.6) is 0 Å². The molecular formula is C16H23N5O. The lowest BCUT2D eigenvalue weighted by Gasteiger charge is -2.34. The van der Waals surface area contributed by atoms with Gasteiger partial charge >= 0.3 is 5.69 Å². The smallest absolute Gasteiger partial charge is 0.340 e. The second-order valence-corrected chi connectivity index (χ2v) is 6.11. The Balaban J connectivity index is 1.52. The fraction of sp³-hybridized carbons (Fsp3) is 0.500. The monoisotopic (exact) mass is 301 g/mol. The first-order chi connectivity index (χ1) is 10.6. The van der Waals surface area contributed by atoms with Crippen LogP contribution in [0.2, 0.25) is 0 Å². The number of benzene rings is 1. The Morgan fingerprint density at radius 3 is 2.50 bits per heavy atom. The van der Waals surface area contributed by atoms with Gasteiger partial charge in [-0.05, 0) is 49.9 Å². The Morgan fingerprint density at radius 2 is 1.91 bits per heavy atom. The Bertz CT molecular complexity index is 662. The van der Waals surface area contributed by atoms with Gasteiger partial charge < -0.3 is 10.2 Å². The molecule has 2 heterocycles. The Hall–Kier alpha value is -2.08. The molecule has 0 amide bonds. The number of anilines is 1. The summed E-state index contributed by atoms with van der Waals surface area (Å²) in [5, 5.41) is 9.77. The van der Waals surface area contributed by atoms with E-state index in [-0.39, 0.29) is 5.69 Å². The summed E-state index contributed by atoms with van der Waals surface area (Å²) in [5.74, 6) is 0.668. The van der Waals surface area contributed by atoms with Crippen molar-refractivity contribution in [2.24, 2.45) is 0 Å². The highest BCUT2D eigenvalue weighted by molar-refractivity contribution is 5.51. The van der Waals surface area contributed by atoms with Crippen molar-refractivity contribution >= 4 is 5.69 Å². The number of aryl methyl sites for hydroxylation is 2. The molecule has 3 N–H and O–H groups in total. The number of aromatic nitrogens is 3.